The zero-order valence-electron chi connectivity index (χ0n) is 17.9. The van der Waals surface area contributed by atoms with Crippen LogP contribution in [0.1, 0.15) is 38.0 Å². The first-order valence-corrected chi connectivity index (χ1v) is 10.6. The van der Waals surface area contributed by atoms with Crippen LogP contribution in [0.5, 0.6) is 0 Å². The molecule has 0 aliphatic carbocycles. The molecular formula is C22H27FN6O2. The fourth-order valence-corrected chi connectivity index (χ4v) is 4.24. The smallest absolute Gasteiger partial charge is 0.242 e. The minimum Gasteiger partial charge on any atom is -0.423 e. The van der Waals surface area contributed by atoms with Gasteiger partial charge >= 0.3 is 0 Å². The van der Waals surface area contributed by atoms with Gasteiger partial charge in [0, 0.05) is 45.4 Å². The lowest BCUT2D eigenvalue weighted by Crippen LogP contribution is -2.56. The number of aromatic nitrogens is 4. The Morgan fingerprint density at radius 2 is 1.97 bits per heavy atom. The highest BCUT2D eigenvalue weighted by atomic mass is 19.1. The normalized spacial score (nSPS) is 16.4. The van der Waals surface area contributed by atoms with Gasteiger partial charge in [0.1, 0.15) is 11.4 Å². The largest absolute Gasteiger partial charge is 0.423 e. The number of likely N-dealkylation sites (tertiary alicyclic amines) is 1. The molecule has 0 spiro atoms. The van der Waals surface area contributed by atoms with Crippen LogP contribution in [-0.4, -0.2) is 50.4 Å². The highest BCUT2D eigenvalue weighted by Crippen LogP contribution is 2.42. The molecule has 1 aliphatic rings. The number of hydrogen-bond acceptors (Lipinski definition) is 6. The van der Waals surface area contributed by atoms with Crippen LogP contribution in [0.4, 0.5) is 10.1 Å². The van der Waals surface area contributed by atoms with Crippen molar-refractivity contribution in [1.29, 1.82) is 0 Å². The van der Waals surface area contributed by atoms with E-state index in [1.807, 2.05) is 16.9 Å². The second kappa shape index (κ2) is 8.97. The SMILES string of the molecule is CCC(=O)N(c1ccccc1F)C1(c2nnc(C)o2)CCN(CCn2cccn2)CC1. The molecule has 164 valence electrons. The second-order valence-electron chi connectivity index (χ2n) is 7.80. The van der Waals surface area contributed by atoms with Crippen molar-refractivity contribution in [2.24, 2.45) is 0 Å². The topological polar surface area (TPSA) is 80.3 Å². The van der Waals surface area contributed by atoms with E-state index >= 15 is 0 Å². The minimum absolute atomic E-state index is 0.175. The Labute approximate surface area is 180 Å². The molecule has 4 rings (SSSR count). The Kier molecular flexibility index (Phi) is 6.13. The molecule has 0 unspecified atom stereocenters. The molecule has 9 heteroatoms. The van der Waals surface area contributed by atoms with Gasteiger partial charge in [0.2, 0.25) is 17.7 Å². The average molecular weight is 426 g/mol. The maximum Gasteiger partial charge on any atom is 0.242 e. The molecule has 1 aromatic carbocycles. The van der Waals surface area contributed by atoms with Gasteiger partial charge in [0.05, 0.1) is 12.2 Å². The van der Waals surface area contributed by atoms with Gasteiger partial charge in [-0.25, -0.2) is 4.39 Å². The summed E-state index contributed by atoms with van der Waals surface area (Å²) in [4.78, 5) is 17.0. The van der Waals surface area contributed by atoms with E-state index in [1.54, 1.807) is 43.1 Å². The summed E-state index contributed by atoms with van der Waals surface area (Å²) < 4.78 is 22.6. The van der Waals surface area contributed by atoms with E-state index in [1.165, 1.54) is 6.07 Å². The molecule has 1 aliphatic heterocycles. The molecule has 3 heterocycles. The fourth-order valence-electron chi connectivity index (χ4n) is 4.24. The summed E-state index contributed by atoms with van der Waals surface area (Å²) in [6.07, 6.45) is 5.07. The number of benzene rings is 1. The number of rotatable bonds is 7. The Bertz CT molecular complexity index is 1010. The number of amides is 1. The highest BCUT2D eigenvalue weighted by Gasteiger charge is 2.48. The fraction of sp³-hybridized carbons (Fsp3) is 0.455. The van der Waals surface area contributed by atoms with E-state index < -0.39 is 11.4 Å². The van der Waals surface area contributed by atoms with Crippen LogP contribution in [0.25, 0.3) is 0 Å². The summed E-state index contributed by atoms with van der Waals surface area (Å²) in [5.74, 6) is 0.168. The number of aryl methyl sites for hydroxylation is 1. The molecule has 1 amide bonds. The lowest BCUT2D eigenvalue weighted by atomic mass is 9.84. The van der Waals surface area contributed by atoms with Gasteiger partial charge in [0.15, 0.2) is 0 Å². The molecule has 1 saturated heterocycles. The van der Waals surface area contributed by atoms with Crippen LogP contribution in [0.15, 0.2) is 47.1 Å². The molecule has 0 bridgehead atoms. The zero-order chi connectivity index (χ0) is 21.8. The van der Waals surface area contributed by atoms with Crippen LogP contribution >= 0.6 is 0 Å². The van der Waals surface area contributed by atoms with Gasteiger partial charge in [-0.2, -0.15) is 5.10 Å². The first-order valence-electron chi connectivity index (χ1n) is 10.6. The summed E-state index contributed by atoms with van der Waals surface area (Å²) in [6, 6.07) is 8.27. The number of piperidine rings is 1. The number of anilines is 1. The summed E-state index contributed by atoms with van der Waals surface area (Å²) in [7, 11) is 0. The molecule has 0 radical (unpaired) electrons. The summed E-state index contributed by atoms with van der Waals surface area (Å²) in [6.45, 7) is 6.54. The van der Waals surface area contributed by atoms with Crippen LogP contribution in [0.2, 0.25) is 0 Å². The number of halogens is 1. The summed E-state index contributed by atoms with van der Waals surface area (Å²) in [5.41, 5.74) is -0.645. The number of hydrogen-bond donors (Lipinski definition) is 0. The van der Waals surface area contributed by atoms with Crippen molar-refractivity contribution in [2.45, 2.75) is 45.2 Å². The average Bonchev–Trinajstić information content (AvgIpc) is 3.46. The molecule has 0 N–H and O–H groups in total. The molecule has 0 saturated carbocycles. The van der Waals surface area contributed by atoms with Crippen molar-refractivity contribution in [3.05, 3.63) is 60.3 Å². The van der Waals surface area contributed by atoms with E-state index in [4.69, 9.17) is 4.42 Å². The van der Waals surface area contributed by atoms with Crippen LogP contribution in [0.3, 0.4) is 0 Å². The summed E-state index contributed by atoms with van der Waals surface area (Å²) >= 11 is 0. The van der Waals surface area contributed by atoms with Crippen molar-refractivity contribution in [2.75, 3.05) is 24.5 Å². The van der Waals surface area contributed by atoms with Crippen molar-refractivity contribution >= 4 is 11.6 Å². The molecule has 8 nitrogen and oxygen atoms in total. The van der Waals surface area contributed by atoms with E-state index in [0.717, 1.165) is 13.1 Å². The van der Waals surface area contributed by atoms with Gasteiger partial charge in [-0.05, 0) is 31.0 Å². The molecule has 0 atom stereocenters. The number of carbonyl (C=O) groups is 1. The van der Waals surface area contributed by atoms with E-state index in [9.17, 15) is 9.18 Å². The molecular weight excluding hydrogens is 399 g/mol. The first kappa shape index (κ1) is 21.2. The molecule has 2 aromatic heterocycles. The standard InChI is InChI=1S/C22H27FN6O2/c1-3-20(30)29(19-8-5-4-7-18(19)23)22(21-26-25-17(2)31-21)9-13-27(14-10-22)15-16-28-12-6-11-24-28/h4-8,11-12H,3,9-10,13-16H2,1-2H3. The van der Waals surface area contributed by atoms with Gasteiger partial charge in [-0.15, -0.1) is 10.2 Å². The zero-order valence-corrected chi connectivity index (χ0v) is 17.9. The Balaban J connectivity index is 1.65. The molecule has 31 heavy (non-hydrogen) atoms. The quantitative estimate of drug-likeness (QED) is 0.577. The van der Waals surface area contributed by atoms with Crippen molar-refractivity contribution < 1.29 is 13.6 Å². The Hall–Kier alpha value is -3.07. The second-order valence-corrected chi connectivity index (χ2v) is 7.80. The highest BCUT2D eigenvalue weighted by molar-refractivity contribution is 5.94. The first-order chi connectivity index (χ1) is 15.0. The predicted molar refractivity (Wildman–Crippen MR) is 113 cm³/mol. The number of carbonyl (C=O) groups excluding carboxylic acids is 1. The van der Waals surface area contributed by atoms with E-state index in [-0.39, 0.29) is 18.0 Å². The molecule has 1 fully saturated rings. The number of para-hydroxylation sites is 1. The van der Waals surface area contributed by atoms with Crippen LogP contribution in [-0.2, 0) is 16.9 Å². The lowest BCUT2D eigenvalue weighted by Gasteiger charge is -2.46. The van der Waals surface area contributed by atoms with Gasteiger partial charge in [0.25, 0.3) is 0 Å². The van der Waals surface area contributed by atoms with E-state index in [2.05, 4.69) is 20.2 Å². The molecule has 3 aromatic rings. The van der Waals surface area contributed by atoms with Crippen LogP contribution in [0, 0.1) is 12.7 Å². The third-order valence-electron chi connectivity index (χ3n) is 5.89. The minimum atomic E-state index is -0.890. The van der Waals surface area contributed by atoms with Crippen LogP contribution < -0.4 is 4.90 Å². The maximum absolute atomic E-state index is 14.9. The van der Waals surface area contributed by atoms with Crippen molar-refractivity contribution in [3.8, 4) is 0 Å². The lowest BCUT2D eigenvalue weighted by molar-refractivity contribution is -0.120. The van der Waals surface area contributed by atoms with Gasteiger partial charge in [-0.3, -0.25) is 14.4 Å². The number of nitrogens with zero attached hydrogens (tertiary/aromatic N) is 6. The Morgan fingerprint density at radius 3 is 2.58 bits per heavy atom. The Morgan fingerprint density at radius 1 is 1.19 bits per heavy atom. The van der Waals surface area contributed by atoms with Crippen molar-refractivity contribution in [3.63, 3.8) is 0 Å². The van der Waals surface area contributed by atoms with E-state index in [0.29, 0.717) is 37.7 Å². The third-order valence-corrected chi connectivity index (χ3v) is 5.89. The van der Waals surface area contributed by atoms with Crippen molar-refractivity contribution in [1.82, 2.24) is 24.9 Å². The predicted octanol–water partition coefficient (Wildman–Crippen LogP) is 3.15. The van der Waals surface area contributed by atoms with Gasteiger partial charge < -0.3 is 9.32 Å². The summed E-state index contributed by atoms with van der Waals surface area (Å²) in [5, 5.41) is 12.5. The third kappa shape index (κ3) is 4.23. The maximum atomic E-state index is 14.9. The van der Waals surface area contributed by atoms with Gasteiger partial charge in [-0.1, -0.05) is 19.1 Å². The monoisotopic (exact) mass is 426 g/mol.